The zero-order valence-electron chi connectivity index (χ0n) is 10.4. The van der Waals surface area contributed by atoms with Crippen LogP contribution in [0, 0.1) is 3.57 Å². The molecule has 1 amide bonds. The van der Waals surface area contributed by atoms with Gasteiger partial charge in [0.1, 0.15) is 0 Å². The SMILES string of the molecule is O=C(Nc1cc(Cl)ccc1C(=O)O)c1cc(I)ccc1Br. The summed E-state index contributed by atoms with van der Waals surface area (Å²) in [7, 11) is 0. The maximum atomic E-state index is 12.3. The standard InChI is InChI=1S/C14H8BrClINO3/c15-11-4-2-8(17)6-10(11)13(19)18-12-5-7(16)1-3-9(12)14(20)21/h1-6H,(H,18,19)(H,20,21). The van der Waals surface area contributed by atoms with E-state index in [0.717, 1.165) is 3.57 Å². The average Bonchev–Trinajstić information content (AvgIpc) is 2.41. The molecule has 2 N–H and O–H groups in total. The van der Waals surface area contributed by atoms with E-state index < -0.39 is 11.9 Å². The quantitative estimate of drug-likeness (QED) is 0.629. The highest BCUT2D eigenvalue weighted by atomic mass is 127. The summed E-state index contributed by atoms with van der Waals surface area (Å²) in [5, 5.41) is 12.1. The fraction of sp³-hybridized carbons (Fsp3) is 0. The van der Waals surface area contributed by atoms with E-state index in [2.05, 4.69) is 43.8 Å². The molecule has 2 aromatic rings. The van der Waals surface area contributed by atoms with Gasteiger partial charge < -0.3 is 10.4 Å². The lowest BCUT2D eigenvalue weighted by atomic mass is 10.1. The number of amides is 1. The molecule has 0 aliphatic rings. The number of carboxylic acids is 1. The van der Waals surface area contributed by atoms with E-state index in [1.165, 1.54) is 18.2 Å². The summed E-state index contributed by atoms with van der Waals surface area (Å²) >= 11 is 11.2. The predicted octanol–water partition coefficient (Wildman–Crippen LogP) is 4.66. The van der Waals surface area contributed by atoms with Gasteiger partial charge in [0.2, 0.25) is 0 Å². The topological polar surface area (TPSA) is 66.4 Å². The molecule has 0 bridgehead atoms. The van der Waals surface area contributed by atoms with Crippen molar-refractivity contribution in [1.29, 1.82) is 0 Å². The van der Waals surface area contributed by atoms with Crippen LogP contribution in [-0.4, -0.2) is 17.0 Å². The summed E-state index contributed by atoms with van der Waals surface area (Å²) in [6, 6.07) is 9.53. The van der Waals surface area contributed by atoms with Crippen molar-refractivity contribution in [3.05, 3.63) is 60.6 Å². The zero-order chi connectivity index (χ0) is 15.6. The van der Waals surface area contributed by atoms with Crippen LogP contribution in [0.4, 0.5) is 5.69 Å². The Kier molecular flexibility index (Phi) is 5.23. The highest BCUT2D eigenvalue weighted by Crippen LogP contribution is 2.24. The van der Waals surface area contributed by atoms with Crippen molar-refractivity contribution in [1.82, 2.24) is 0 Å². The number of aromatic carboxylic acids is 1. The molecule has 0 saturated heterocycles. The fourth-order valence-corrected chi connectivity index (χ4v) is 2.76. The Bertz CT molecular complexity index is 736. The van der Waals surface area contributed by atoms with E-state index in [0.29, 0.717) is 15.1 Å². The Morgan fingerprint density at radius 1 is 1.14 bits per heavy atom. The molecule has 4 nitrogen and oxygen atoms in total. The molecule has 0 unspecified atom stereocenters. The van der Waals surface area contributed by atoms with Crippen molar-refractivity contribution in [2.45, 2.75) is 0 Å². The van der Waals surface area contributed by atoms with Gasteiger partial charge in [0, 0.05) is 13.1 Å². The van der Waals surface area contributed by atoms with Crippen molar-refractivity contribution in [2.75, 3.05) is 5.32 Å². The second kappa shape index (κ2) is 6.76. The van der Waals surface area contributed by atoms with Crippen LogP contribution in [-0.2, 0) is 0 Å². The van der Waals surface area contributed by atoms with Crippen LogP contribution < -0.4 is 5.32 Å². The van der Waals surface area contributed by atoms with Gasteiger partial charge in [0.05, 0.1) is 16.8 Å². The Hall–Kier alpha value is -1.12. The van der Waals surface area contributed by atoms with E-state index in [9.17, 15) is 9.59 Å². The van der Waals surface area contributed by atoms with Crippen molar-refractivity contribution < 1.29 is 14.7 Å². The third-order valence-corrected chi connectivity index (χ3v) is 4.23. The monoisotopic (exact) mass is 479 g/mol. The molecular weight excluding hydrogens is 472 g/mol. The van der Waals surface area contributed by atoms with Crippen LogP contribution in [0.2, 0.25) is 5.02 Å². The molecule has 0 atom stereocenters. The highest BCUT2D eigenvalue weighted by molar-refractivity contribution is 14.1. The van der Waals surface area contributed by atoms with Crippen LogP contribution in [0.1, 0.15) is 20.7 Å². The smallest absolute Gasteiger partial charge is 0.337 e. The molecule has 2 rings (SSSR count). The van der Waals surface area contributed by atoms with E-state index in [4.69, 9.17) is 16.7 Å². The largest absolute Gasteiger partial charge is 0.478 e. The second-order valence-corrected chi connectivity index (χ2v) is 6.61. The van der Waals surface area contributed by atoms with E-state index in [1.807, 2.05) is 6.07 Å². The molecule has 7 heteroatoms. The van der Waals surface area contributed by atoms with Gasteiger partial charge in [-0.15, -0.1) is 0 Å². The molecule has 0 spiro atoms. The fourth-order valence-electron chi connectivity index (χ4n) is 1.67. The molecule has 21 heavy (non-hydrogen) atoms. The number of carbonyl (C=O) groups excluding carboxylic acids is 1. The average molecular weight is 480 g/mol. The number of rotatable bonds is 3. The first-order chi connectivity index (χ1) is 9.88. The molecule has 0 aromatic heterocycles. The highest BCUT2D eigenvalue weighted by Gasteiger charge is 2.16. The normalized spacial score (nSPS) is 10.2. The molecule has 0 aliphatic heterocycles. The van der Waals surface area contributed by atoms with Gasteiger partial charge >= 0.3 is 5.97 Å². The first kappa shape index (κ1) is 16.3. The molecule has 108 valence electrons. The number of anilines is 1. The number of nitrogens with one attached hydrogen (secondary N) is 1. The lowest BCUT2D eigenvalue weighted by molar-refractivity contribution is 0.0698. The van der Waals surface area contributed by atoms with Crippen LogP contribution in [0.5, 0.6) is 0 Å². The van der Waals surface area contributed by atoms with Crippen molar-refractivity contribution in [3.63, 3.8) is 0 Å². The van der Waals surface area contributed by atoms with E-state index in [-0.39, 0.29) is 11.3 Å². The van der Waals surface area contributed by atoms with Gasteiger partial charge in [-0.3, -0.25) is 4.79 Å². The lowest BCUT2D eigenvalue weighted by Crippen LogP contribution is -2.15. The van der Waals surface area contributed by atoms with Gasteiger partial charge in [-0.1, -0.05) is 11.6 Å². The summed E-state index contributed by atoms with van der Waals surface area (Å²) < 4.78 is 1.52. The number of carboxylic acid groups (broad SMARTS) is 1. The second-order valence-electron chi connectivity index (χ2n) is 4.07. The summed E-state index contributed by atoms with van der Waals surface area (Å²) in [6.45, 7) is 0. The maximum Gasteiger partial charge on any atom is 0.337 e. The third kappa shape index (κ3) is 3.96. The zero-order valence-corrected chi connectivity index (χ0v) is 14.9. The van der Waals surface area contributed by atoms with Crippen molar-refractivity contribution >= 4 is 67.7 Å². The number of hydrogen-bond acceptors (Lipinski definition) is 2. The number of halogens is 3. The molecule has 2 aromatic carbocycles. The van der Waals surface area contributed by atoms with Crippen LogP contribution >= 0.6 is 50.1 Å². The molecule has 0 heterocycles. The minimum absolute atomic E-state index is 0.0190. The number of hydrogen-bond donors (Lipinski definition) is 2. The van der Waals surface area contributed by atoms with E-state index in [1.54, 1.807) is 12.1 Å². The molecule has 0 saturated carbocycles. The Morgan fingerprint density at radius 3 is 2.52 bits per heavy atom. The minimum atomic E-state index is -1.14. The molecule has 0 aliphatic carbocycles. The van der Waals surface area contributed by atoms with Crippen molar-refractivity contribution in [2.24, 2.45) is 0 Å². The van der Waals surface area contributed by atoms with Crippen LogP contribution in [0.3, 0.4) is 0 Å². The lowest BCUT2D eigenvalue weighted by Gasteiger charge is -2.10. The van der Waals surface area contributed by atoms with Gasteiger partial charge in [0.25, 0.3) is 5.91 Å². The third-order valence-electron chi connectivity index (χ3n) is 2.63. The Labute approximate surface area is 147 Å². The first-order valence-corrected chi connectivity index (χ1v) is 7.92. The molecule has 0 radical (unpaired) electrons. The predicted molar refractivity (Wildman–Crippen MR) is 93.2 cm³/mol. The van der Waals surface area contributed by atoms with Gasteiger partial charge in [0.15, 0.2) is 0 Å². The van der Waals surface area contributed by atoms with Gasteiger partial charge in [-0.25, -0.2) is 4.79 Å². The molecule has 0 fully saturated rings. The first-order valence-electron chi connectivity index (χ1n) is 5.67. The Morgan fingerprint density at radius 2 is 1.86 bits per heavy atom. The summed E-state index contributed by atoms with van der Waals surface area (Å²) in [5.74, 6) is -1.55. The van der Waals surface area contributed by atoms with Gasteiger partial charge in [-0.2, -0.15) is 0 Å². The Balaban J connectivity index is 2.38. The molecular formula is C14H8BrClINO3. The van der Waals surface area contributed by atoms with Gasteiger partial charge in [-0.05, 0) is 74.9 Å². The van der Waals surface area contributed by atoms with Crippen LogP contribution in [0.25, 0.3) is 0 Å². The van der Waals surface area contributed by atoms with E-state index >= 15 is 0 Å². The minimum Gasteiger partial charge on any atom is -0.478 e. The summed E-state index contributed by atoms with van der Waals surface area (Å²) in [5.41, 5.74) is 0.554. The maximum absolute atomic E-state index is 12.3. The summed E-state index contributed by atoms with van der Waals surface area (Å²) in [6.07, 6.45) is 0. The van der Waals surface area contributed by atoms with Crippen molar-refractivity contribution in [3.8, 4) is 0 Å². The number of benzene rings is 2. The summed E-state index contributed by atoms with van der Waals surface area (Å²) in [4.78, 5) is 23.5. The van der Waals surface area contributed by atoms with Crippen LogP contribution in [0.15, 0.2) is 40.9 Å². The number of carbonyl (C=O) groups is 2.